The van der Waals surface area contributed by atoms with Crippen molar-refractivity contribution in [2.75, 3.05) is 38.1 Å². The van der Waals surface area contributed by atoms with E-state index in [1.807, 2.05) is 24.5 Å². The Bertz CT molecular complexity index is 1190. The number of likely N-dealkylation sites (N-methyl/N-ethyl adjacent to an activating group) is 1. The Morgan fingerprint density at radius 1 is 1.14 bits per heavy atom. The van der Waals surface area contributed by atoms with Gasteiger partial charge in [-0.25, -0.2) is 10.1 Å². The standard InChI is InChI=1S/C19H19N7OS/c1-25-4-6-26(7-5-25)17-11-20-10-16(22-17)12-2-3-15-13(8-12)14(9-21-15)18-23-24-19(28)27-18/h2-3,8-11,21H,4-7H2,1H3,(H,24,28). The summed E-state index contributed by atoms with van der Waals surface area (Å²) in [5, 5.41) is 7.80. The molecule has 1 saturated heterocycles. The molecule has 0 unspecified atom stereocenters. The number of anilines is 1. The van der Waals surface area contributed by atoms with Gasteiger partial charge in [-0.3, -0.25) is 4.98 Å². The van der Waals surface area contributed by atoms with Crippen molar-refractivity contribution in [1.82, 2.24) is 30.0 Å². The summed E-state index contributed by atoms with van der Waals surface area (Å²) in [5.41, 5.74) is 3.68. The molecular weight excluding hydrogens is 374 g/mol. The molecule has 1 fully saturated rings. The molecule has 0 atom stereocenters. The molecule has 8 nitrogen and oxygen atoms in total. The molecule has 4 aromatic rings. The molecule has 0 saturated carbocycles. The van der Waals surface area contributed by atoms with E-state index in [1.165, 1.54) is 0 Å². The fourth-order valence-electron chi connectivity index (χ4n) is 3.48. The third-order valence-corrected chi connectivity index (χ3v) is 5.27. The van der Waals surface area contributed by atoms with E-state index in [2.05, 4.69) is 43.1 Å². The minimum absolute atomic E-state index is 0.256. The number of H-pyrrole nitrogens is 2. The summed E-state index contributed by atoms with van der Waals surface area (Å²) in [7, 11) is 2.14. The van der Waals surface area contributed by atoms with Gasteiger partial charge in [-0.05, 0) is 31.4 Å². The lowest BCUT2D eigenvalue weighted by Crippen LogP contribution is -2.44. The van der Waals surface area contributed by atoms with Crippen LogP contribution in [-0.2, 0) is 0 Å². The van der Waals surface area contributed by atoms with Crippen LogP contribution in [-0.4, -0.2) is 63.3 Å². The van der Waals surface area contributed by atoms with Crippen molar-refractivity contribution < 1.29 is 4.42 Å². The average molecular weight is 393 g/mol. The number of nitrogens with one attached hydrogen (secondary N) is 2. The molecule has 1 aliphatic heterocycles. The van der Waals surface area contributed by atoms with Crippen LogP contribution in [0.5, 0.6) is 0 Å². The molecule has 1 aromatic carbocycles. The third kappa shape index (κ3) is 3.08. The second-order valence-corrected chi connectivity index (χ2v) is 7.30. The first-order valence-electron chi connectivity index (χ1n) is 9.10. The predicted octanol–water partition coefficient (Wildman–Crippen LogP) is 3.09. The molecule has 0 spiro atoms. The number of fused-ring (bicyclic) bond motifs is 1. The molecule has 9 heteroatoms. The summed E-state index contributed by atoms with van der Waals surface area (Å²) in [6.45, 7) is 3.98. The maximum atomic E-state index is 5.48. The first-order valence-corrected chi connectivity index (χ1v) is 9.51. The SMILES string of the molecule is CN1CCN(c2cncc(-c3ccc4[nH]cc(-c5n[nH]c(=S)o5)c4c3)n2)CC1. The third-order valence-electron chi connectivity index (χ3n) is 5.10. The van der Waals surface area contributed by atoms with E-state index in [0.717, 1.165) is 59.7 Å². The van der Waals surface area contributed by atoms with Crippen LogP contribution in [0.1, 0.15) is 0 Å². The summed E-state index contributed by atoms with van der Waals surface area (Å²) >= 11 is 4.99. The maximum Gasteiger partial charge on any atom is 0.284 e. The number of piperazine rings is 1. The molecule has 28 heavy (non-hydrogen) atoms. The first kappa shape index (κ1) is 17.1. The van der Waals surface area contributed by atoms with E-state index in [1.54, 1.807) is 6.20 Å². The van der Waals surface area contributed by atoms with Crippen molar-refractivity contribution in [2.45, 2.75) is 0 Å². The second kappa shape index (κ2) is 6.84. The lowest BCUT2D eigenvalue weighted by molar-refractivity contribution is 0.312. The van der Waals surface area contributed by atoms with Crippen molar-refractivity contribution in [1.29, 1.82) is 0 Å². The average Bonchev–Trinajstić information content (AvgIpc) is 3.34. The zero-order valence-corrected chi connectivity index (χ0v) is 16.2. The van der Waals surface area contributed by atoms with E-state index in [4.69, 9.17) is 21.6 Å². The Kier molecular flexibility index (Phi) is 4.18. The van der Waals surface area contributed by atoms with Crippen LogP contribution in [0.4, 0.5) is 5.82 Å². The van der Waals surface area contributed by atoms with Crippen LogP contribution in [0, 0.1) is 4.84 Å². The molecule has 5 rings (SSSR count). The monoisotopic (exact) mass is 393 g/mol. The van der Waals surface area contributed by atoms with Gasteiger partial charge in [0.1, 0.15) is 5.82 Å². The van der Waals surface area contributed by atoms with Gasteiger partial charge >= 0.3 is 0 Å². The van der Waals surface area contributed by atoms with Crippen LogP contribution in [0.2, 0.25) is 0 Å². The summed E-state index contributed by atoms with van der Waals surface area (Å²) < 4.78 is 5.48. The zero-order chi connectivity index (χ0) is 19.1. The topological polar surface area (TPSA) is 89.9 Å². The Labute approximate surface area is 166 Å². The van der Waals surface area contributed by atoms with Crippen LogP contribution >= 0.6 is 12.2 Å². The first-order chi connectivity index (χ1) is 13.7. The van der Waals surface area contributed by atoms with Crippen molar-refractivity contribution >= 4 is 28.9 Å². The summed E-state index contributed by atoms with van der Waals surface area (Å²) in [6, 6.07) is 6.15. The molecular formula is C19H19N7OS. The van der Waals surface area contributed by atoms with Gasteiger partial charge in [0.2, 0.25) is 5.89 Å². The smallest absolute Gasteiger partial charge is 0.284 e. The molecule has 4 heterocycles. The lowest BCUT2D eigenvalue weighted by atomic mass is 10.1. The Morgan fingerprint density at radius 2 is 2.00 bits per heavy atom. The van der Waals surface area contributed by atoms with E-state index < -0.39 is 0 Å². The second-order valence-electron chi connectivity index (χ2n) is 6.93. The molecule has 1 aliphatic rings. The fraction of sp³-hybridized carbons (Fsp3) is 0.263. The van der Waals surface area contributed by atoms with Crippen LogP contribution in [0.25, 0.3) is 33.6 Å². The summed E-state index contributed by atoms with van der Waals surface area (Å²) in [4.78, 5) is 17.4. The highest BCUT2D eigenvalue weighted by atomic mass is 32.1. The van der Waals surface area contributed by atoms with Crippen molar-refractivity contribution in [3.05, 3.63) is 41.6 Å². The highest BCUT2D eigenvalue weighted by Gasteiger charge is 2.17. The predicted molar refractivity (Wildman–Crippen MR) is 110 cm³/mol. The number of nitrogens with zero attached hydrogens (tertiary/aromatic N) is 5. The van der Waals surface area contributed by atoms with E-state index in [-0.39, 0.29) is 4.84 Å². The Morgan fingerprint density at radius 3 is 2.79 bits per heavy atom. The van der Waals surface area contributed by atoms with E-state index in [9.17, 15) is 0 Å². The molecule has 0 aliphatic carbocycles. The largest absolute Gasteiger partial charge is 0.409 e. The summed E-state index contributed by atoms with van der Waals surface area (Å²) in [5.74, 6) is 1.38. The quantitative estimate of drug-likeness (QED) is 0.517. The van der Waals surface area contributed by atoms with Gasteiger partial charge in [-0.15, -0.1) is 5.10 Å². The van der Waals surface area contributed by atoms with Crippen molar-refractivity contribution in [3.63, 3.8) is 0 Å². The van der Waals surface area contributed by atoms with Crippen molar-refractivity contribution in [2.24, 2.45) is 0 Å². The van der Waals surface area contributed by atoms with Gasteiger partial charge in [0.05, 0.1) is 23.7 Å². The maximum absolute atomic E-state index is 5.48. The van der Waals surface area contributed by atoms with Crippen LogP contribution < -0.4 is 4.90 Å². The van der Waals surface area contributed by atoms with Gasteiger partial charge in [0.15, 0.2) is 0 Å². The minimum Gasteiger partial charge on any atom is -0.409 e. The Balaban J connectivity index is 1.53. The normalized spacial score (nSPS) is 15.4. The Hall–Kier alpha value is -3.04. The zero-order valence-electron chi connectivity index (χ0n) is 15.3. The molecule has 142 valence electrons. The molecule has 2 N–H and O–H groups in total. The van der Waals surface area contributed by atoms with Gasteiger partial charge in [0, 0.05) is 48.8 Å². The number of aromatic nitrogens is 5. The molecule has 0 radical (unpaired) electrons. The minimum atomic E-state index is 0.256. The van der Waals surface area contributed by atoms with Gasteiger partial charge in [0.25, 0.3) is 4.84 Å². The highest BCUT2D eigenvalue weighted by Crippen LogP contribution is 2.31. The molecule has 0 bridgehead atoms. The molecule has 0 amide bonds. The number of benzene rings is 1. The van der Waals surface area contributed by atoms with Crippen LogP contribution in [0.15, 0.2) is 41.2 Å². The number of aromatic amines is 2. The lowest BCUT2D eigenvalue weighted by Gasteiger charge is -2.33. The van der Waals surface area contributed by atoms with Crippen molar-refractivity contribution in [3.8, 4) is 22.7 Å². The van der Waals surface area contributed by atoms with E-state index in [0.29, 0.717) is 5.89 Å². The van der Waals surface area contributed by atoms with Gasteiger partial charge in [-0.1, -0.05) is 6.07 Å². The summed E-state index contributed by atoms with van der Waals surface area (Å²) in [6.07, 6.45) is 5.51. The highest BCUT2D eigenvalue weighted by molar-refractivity contribution is 7.71. The van der Waals surface area contributed by atoms with Crippen LogP contribution in [0.3, 0.4) is 0 Å². The number of rotatable bonds is 3. The van der Waals surface area contributed by atoms with E-state index >= 15 is 0 Å². The fourth-order valence-corrected chi connectivity index (χ4v) is 3.61. The number of hydrogen-bond donors (Lipinski definition) is 2. The van der Waals surface area contributed by atoms with Gasteiger partial charge < -0.3 is 19.2 Å². The molecule has 3 aromatic heterocycles. The van der Waals surface area contributed by atoms with Gasteiger partial charge in [-0.2, -0.15) is 0 Å². The number of hydrogen-bond acceptors (Lipinski definition) is 7.